The molecule has 2 atom stereocenters. The lowest BCUT2D eigenvalue weighted by atomic mass is 10.1. The van der Waals surface area contributed by atoms with Crippen molar-refractivity contribution in [2.75, 3.05) is 12.3 Å². The second-order valence-electron chi connectivity index (χ2n) is 7.34. The van der Waals surface area contributed by atoms with E-state index in [-0.39, 0.29) is 6.04 Å². The number of fused-ring (bicyclic) bond motifs is 1. The molecule has 0 radical (unpaired) electrons. The number of para-hydroxylation sites is 2. The highest BCUT2D eigenvalue weighted by Crippen LogP contribution is 2.40. The Morgan fingerprint density at radius 3 is 2.96 bits per heavy atom. The van der Waals surface area contributed by atoms with E-state index in [2.05, 4.69) is 28.6 Å². The first-order chi connectivity index (χ1) is 12.7. The number of carbonyl (C=O) groups excluding carboxylic acids is 1. The first-order valence-corrected chi connectivity index (χ1v) is 12.1. The first kappa shape index (κ1) is 18.2. The van der Waals surface area contributed by atoms with Gasteiger partial charge in [-0.3, -0.25) is 4.79 Å². The van der Waals surface area contributed by atoms with Gasteiger partial charge in [0.2, 0.25) is 5.91 Å². The topological polar surface area (TPSA) is 38.1 Å². The molecule has 1 aromatic carbocycles. The molecule has 1 amide bonds. The number of aromatic nitrogens is 2. The molecule has 0 bridgehead atoms. The van der Waals surface area contributed by atoms with E-state index in [4.69, 9.17) is 4.98 Å². The Hall–Kier alpha value is -1.14. The fourth-order valence-electron chi connectivity index (χ4n) is 4.15. The van der Waals surface area contributed by atoms with E-state index >= 15 is 0 Å². The third-order valence-electron chi connectivity index (χ3n) is 5.59. The number of rotatable bonds is 6. The van der Waals surface area contributed by atoms with Crippen LogP contribution in [0, 0.1) is 0 Å². The van der Waals surface area contributed by atoms with E-state index in [1.54, 1.807) is 0 Å². The zero-order chi connectivity index (χ0) is 17.9. The molecule has 1 unspecified atom stereocenters. The number of likely N-dealkylation sites (tertiary alicyclic amines) is 1. The van der Waals surface area contributed by atoms with Crippen LogP contribution in [0.15, 0.2) is 24.3 Å². The van der Waals surface area contributed by atoms with Crippen molar-refractivity contribution in [3.05, 3.63) is 30.1 Å². The van der Waals surface area contributed by atoms with Crippen LogP contribution in [0.3, 0.4) is 0 Å². The summed E-state index contributed by atoms with van der Waals surface area (Å²) >= 11 is 0. The summed E-state index contributed by atoms with van der Waals surface area (Å²) in [7, 11) is 6.11. The van der Waals surface area contributed by atoms with Crippen LogP contribution in [0.1, 0.15) is 56.8 Å². The van der Waals surface area contributed by atoms with Crippen LogP contribution in [-0.2, 0) is 11.8 Å². The zero-order valence-corrected chi connectivity index (χ0v) is 17.0. The van der Waals surface area contributed by atoms with Gasteiger partial charge in [-0.05, 0) is 44.2 Å². The number of carbonyl (C=O) groups is 1. The number of nitrogens with zero attached hydrogens (tertiary/aromatic N) is 3. The maximum Gasteiger partial charge on any atom is 0.223 e. The molecule has 3 heterocycles. The number of hydrogen-bond acceptors (Lipinski definition) is 4. The van der Waals surface area contributed by atoms with Gasteiger partial charge in [-0.2, -0.15) is 0 Å². The lowest BCUT2D eigenvalue weighted by Gasteiger charge is -2.24. The summed E-state index contributed by atoms with van der Waals surface area (Å²) in [5, 5.41) is 0.814. The Morgan fingerprint density at radius 2 is 2.15 bits per heavy atom. The van der Waals surface area contributed by atoms with E-state index < -0.39 is 0 Å². The molecule has 1 aromatic heterocycles. The molecule has 0 spiro atoms. The van der Waals surface area contributed by atoms with Gasteiger partial charge in [0, 0.05) is 31.0 Å². The molecule has 6 heteroatoms. The van der Waals surface area contributed by atoms with Gasteiger partial charge in [0.25, 0.3) is 0 Å². The summed E-state index contributed by atoms with van der Waals surface area (Å²) in [5.41, 5.74) is 2.17. The van der Waals surface area contributed by atoms with Gasteiger partial charge in [-0.25, -0.2) is 4.98 Å². The molecule has 4 nitrogen and oxygen atoms in total. The summed E-state index contributed by atoms with van der Waals surface area (Å²) in [6, 6.07) is 8.37. The van der Waals surface area contributed by atoms with Crippen molar-refractivity contribution >= 4 is 38.5 Å². The number of aryl methyl sites for hydroxylation is 1. The van der Waals surface area contributed by atoms with Crippen LogP contribution >= 0.6 is 21.6 Å². The molecule has 0 aliphatic carbocycles. The van der Waals surface area contributed by atoms with Crippen molar-refractivity contribution in [2.24, 2.45) is 7.05 Å². The molecule has 140 valence electrons. The number of benzene rings is 1. The molecule has 0 N–H and O–H groups in total. The Balaban J connectivity index is 1.37. The Kier molecular flexibility index (Phi) is 5.79. The number of amides is 1. The minimum Gasteiger partial charge on any atom is -0.333 e. The third kappa shape index (κ3) is 3.77. The Morgan fingerprint density at radius 1 is 1.27 bits per heavy atom. The molecule has 0 saturated carbocycles. The molecule has 2 fully saturated rings. The highest BCUT2D eigenvalue weighted by molar-refractivity contribution is 8.77. The van der Waals surface area contributed by atoms with E-state index in [0.717, 1.165) is 47.9 Å². The fraction of sp³-hybridized carbons (Fsp3) is 0.600. The standard InChI is InChI=1S/C20H27N3OS2/c1-22-17-9-4-3-8-16(17)21-20(22)18-10-6-13-23(18)19(24)11-5-2-7-15-12-14-25-26-15/h3-4,8-9,15,18H,2,5-7,10-14H2,1H3/t15?,18-/m0/s1. The van der Waals surface area contributed by atoms with Crippen LogP contribution in [0.5, 0.6) is 0 Å². The lowest BCUT2D eigenvalue weighted by Crippen LogP contribution is -2.31. The van der Waals surface area contributed by atoms with Crippen molar-refractivity contribution in [1.82, 2.24) is 14.5 Å². The fourth-order valence-corrected chi connectivity index (χ4v) is 7.18. The Bertz CT molecular complexity index is 770. The van der Waals surface area contributed by atoms with Gasteiger partial charge in [0.05, 0.1) is 17.1 Å². The van der Waals surface area contributed by atoms with Crippen LogP contribution < -0.4 is 0 Å². The molecule has 4 rings (SSSR count). The number of unbranched alkanes of at least 4 members (excludes halogenated alkanes) is 1. The minimum absolute atomic E-state index is 0.140. The summed E-state index contributed by atoms with van der Waals surface area (Å²) in [6.07, 6.45) is 7.59. The normalized spacial score (nSPS) is 23.2. The molecular weight excluding hydrogens is 362 g/mol. The molecule has 2 aliphatic heterocycles. The molecular formula is C20H27N3OS2. The van der Waals surface area contributed by atoms with Crippen LogP contribution in [-0.4, -0.2) is 37.9 Å². The van der Waals surface area contributed by atoms with E-state index in [1.165, 1.54) is 25.0 Å². The smallest absolute Gasteiger partial charge is 0.223 e. The van der Waals surface area contributed by atoms with Gasteiger partial charge in [-0.1, -0.05) is 40.1 Å². The van der Waals surface area contributed by atoms with E-state index in [9.17, 15) is 4.79 Å². The molecule has 26 heavy (non-hydrogen) atoms. The van der Waals surface area contributed by atoms with Crippen molar-refractivity contribution < 1.29 is 4.79 Å². The van der Waals surface area contributed by atoms with E-state index in [1.807, 2.05) is 33.7 Å². The molecule has 2 aromatic rings. The van der Waals surface area contributed by atoms with Crippen molar-refractivity contribution in [2.45, 2.75) is 56.2 Å². The quantitative estimate of drug-likeness (QED) is 0.517. The van der Waals surface area contributed by atoms with E-state index in [0.29, 0.717) is 12.3 Å². The second-order valence-corrected chi connectivity index (χ2v) is 10.1. The first-order valence-electron chi connectivity index (χ1n) is 9.73. The molecule has 2 aliphatic rings. The highest BCUT2D eigenvalue weighted by atomic mass is 33.1. The van der Waals surface area contributed by atoms with Gasteiger partial charge in [-0.15, -0.1) is 0 Å². The number of hydrogen-bond donors (Lipinski definition) is 0. The highest BCUT2D eigenvalue weighted by Gasteiger charge is 2.32. The third-order valence-corrected chi connectivity index (χ3v) is 8.59. The largest absolute Gasteiger partial charge is 0.333 e. The van der Waals surface area contributed by atoms with Gasteiger partial charge >= 0.3 is 0 Å². The lowest BCUT2D eigenvalue weighted by molar-refractivity contribution is -0.132. The predicted molar refractivity (Wildman–Crippen MR) is 111 cm³/mol. The summed E-state index contributed by atoms with van der Waals surface area (Å²) in [6.45, 7) is 0.877. The van der Waals surface area contributed by atoms with Gasteiger partial charge in [0.1, 0.15) is 5.82 Å². The van der Waals surface area contributed by atoms with Gasteiger partial charge in [0.15, 0.2) is 0 Å². The van der Waals surface area contributed by atoms with Crippen molar-refractivity contribution in [3.8, 4) is 0 Å². The molecule has 2 saturated heterocycles. The average Bonchev–Trinajstić information content (AvgIpc) is 3.39. The minimum atomic E-state index is 0.140. The summed E-state index contributed by atoms with van der Waals surface area (Å²) < 4.78 is 2.17. The zero-order valence-electron chi connectivity index (χ0n) is 15.4. The average molecular weight is 390 g/mol. The Labute approximate surface area is 163 Å². The maximum absolute atomic E-state index is 12.8. The van der Waals surface area contributed by atoms with Crippen LogP contribution in [0.4, 0.5) is 0 Å². The monoisotopic (exact) mass is 389 g/mol. The maximum atomic E-state index is 12.8. The second kappa shape index (κ2) is 8.26. The summed E-state index contributed by atoms with van der Waals surface area (Å²) in [5.74, 6) is 2.64. The predicted octanol–water partition coefficient (Wildman–Crippen LogP) is 4.95. The van der Waals surface area contributed by atoms with Crippen LogP contribution in [0.2, 0.25) is 0 Å². The summed E-state index contributed by atoms with van der Waals surface area (Å²) in [4.78, 5) is 19.8. The van der Waals surface area contributed by atoms with Crippen molar-refractivity contribution in [3.63, 3.8) is 0 Å². The number of imidazole rings is 1. The van der Waals surface area contributed by atoms with Crippen LogP contribution in [0.25, 0.3) is 11.0 Å². The SMILES string of the molecule is Cn1c([C@@H]2CCCN2C(=O)CCCCC2CCSS2)nc2ccccc21. The van der Waals surface area contributed by atoms with Gasteiger partial charge < -0.3 is 9.47 Å². The van der Waals surface area contributed by atoms with Crippen molar-refractivity contribution in [1.29, 1.82) is 0 Å².